The fraction of sp³-hybridized carbons (Fsp3) is 0.526. The number of nitrogens with zero attached hydrogens (tertiary/aromatic N) is 3. The SMILES string of the molecule is CC(C)C(N=C(N)C(=O)NCCN1CCCCC1)=Nc1ccc(S(N)=O)cc1. The van der Waals surface area contributed by atoms with Crippen LogP contribution in [0.15, 0.2) is 39.1 Å². The first kappa shape index (κ1) is 22.2. The molecule has 1 atom stereocenters. The maximum atomic E-state index is 12.2. The molecule has 28 heavy (non-hydrogen) atoms. The average Bonchev–Trinajstić information content (AvgIpc) is 2.68. The quantitative estimate of drug-likeness (QED) is 0.486. The zero-order valence-corrected chi connectivity index (χ0v) is 17.4. The van der Waals surface area contributed by atoms with E-state index in [1.807, 2.05) is 13.8 Å². The highest BCUT2D eigenvalue weighted by Crippen LogP contribution is 2.16. The molecule has 0 aliphatic carbocycles. The van der Waals surface area contributed by atoms with Gasteiger partial charge in [0, 0.05) is 19.0 Å². The fourth-order valence-corrected chi connectivity index (χ4v) is 3.25. The summed E-state index contributed by atoms with van der Waals surface area (Å²) in [4.78, 5) is 23.8. The van der Waals surface area contributed by atoms with Crippen LogP contribution in [0.4, 0.5) is 5.69 Å². The van der Waals surface area contributed by atoms with Crippen LogP contribution in [0, 0.1) is 5.92 Å². The topological polar surface area (TPSA) is 126 Å². The van der Waals surface area contributed by atoms with Crippen molar-refractivity contribution >= 4 is 34.3 Å². The van der Waals surface area contributed by atoms with Crippen LogP contribution in [0.5, 0.6) is 0 Å². The Morgan fingerprint density at radius 3 is 2.43 bits per heavy atom. The van der Waals surface area contributed by atoms with E-state index in [4.69, 9.17) is 10.9 Å². The maximum absolute atomic E-state index is 12.2. The van der Waals surface area contributed by atoms with E-state index in [0.717, 1.165) is 19.6 Å². The van der Waals surface area contributed by atoms with Crippen molar-refractivity contribution in [1.82, 2.24) is 10.2 Å². The summed E-state index contributed by atoms with van der Waals surface area (Å²) >= 11 is 0. The minimum atomic E-state index is -1.53. The number of piperidine rings is 1. The number of carbonyl (C=O) groups excluding carboxylic acids is 1. The van der Waals surface area contributed by atoms with E-state index in [9.17, 15) is 9.00 Å². The van der Waals surface area contributed by atoms with Crippen molar-refractivity contribution < 1.29 is 9.00 Å². The van der Waals surface area contributed by atoms with E-state index in [0.29, 0.717) is 23.0 Å². The molecule has 1 heterocycles. The Morgan fingerprint density at radius 2 is 1.86 bits per heavy atom. The number of carbonyl (C=O) groups is 1. The Bertz CT molecular complexity index is 739. The zero-order valence-electron chi connectivity index (χ0n) is 16.6. The standard InChI is InChI=1S/C19H30N6O2S/c1-14(2)18(23-15-6-8-16(9-7-15)28(21)27)24-17(20)19(26)22-10-13-25-11-4-3-5-12-25/h6-9,14H,3-5,10-13,21H2,1-2H3,(H,22,26)(H2,20,23,24). The monoisotopic (exact) mass is 406 g/mol. The molecule has 1 fully saturated rings. The lowest BCUT2D eigenvalue weighted by molar-refractivity contribution is -0.114. The van der Waals surface area contributed by atoms with Crippen molar-refractivity contribution in [3.63, 3.8) is 0 Å². The Kier molecular flexibility index (Phi) is 8.75. The molecule has 5 N–H and O–H groups in total. The van der Waals surface area contributed by atoms with Gasteiger partial charge in [-0.05, 0) is 50.2 Å². The van der Waals surface area contributed by atoms with Crippen molar-refractivity contribution in [2.75, 3.05) is 26.2 Å². The summed E-state index contributed by atoms with van der Waals surface area (Å²) in [5, 5.41) is 8.17. The number of hydrogen-bond acceptors (Lipinski definition) is 4. The lowest BCUT2D eigenvalue weighted by Gasteiger charge is -2.26. The van der Waals surface area contributed by atoms with E-state index in [1.165, 1.54) is 19.3 Å². The van der Waals surface area contributed by atoms with Gasteiger partial charge in [-0.25, -0.2) is 19.3 Å². The van der Waals surface area contributed by atoms with Gasteiger partial charge in [-0.3, -0.25) is 4.79 Å². The highest BCUT2D eigenvalue weighted by Gasteiger charge is 2.13. The Labute approximate surface area is 169 Å². The number of amidine groups is 2. The van der Waals surface area contributed by atoms with Crippen molar-refractivity contribution in [3.8, 4) is 0 Å². The van der Waals surface area contributed by atoms with E-state index in [-0.39, 0.29) is 17.7 Å². The van der Waals surface area contributed by atoms with Crippen LogP contribution in [0.25, 0.3) is 0 Å². The third-order valence-electron chi connectivity index (χ3n) is 4.46. The number of likely N-dealkylation sites (tertiary alicyclic amines) is 1. The molecule has 0 bridgehead atoms. The second-order valence-corrected chi connectivity index (χ2v) is 8.14. The van der Waals surface area contributed by atoms with E-state index in [1.54, 1.807) is 24.3 Å². The van der Waals surface area contributed by atoms with Crippen LogP contribution in [0.3, 0.4) is 0 Å². The molecular formula is C19H30N6O2S. The third kappa shape index (κ3) is 7.14. The van der Waals surface area contributed by atoms with Crippen LogP contribution in [0.2, 0.25) is 0 Å². The van der Waals surface area contributed by atoms with Gasteiger partial charge in [-0.1, -0.05) is 20.3 Å². The molecule has 1 aliphatic rings. The predicted octanol–water partition coefficient (Wildman–Crippen LogP) is 1.31. The van der Waals surface area contributed by atoms with Crippen molar-refractivity contribution in [2.24, 2.45) is 26.8 Å². The van der Waals surface area contributed by atoms with Crippen molar-refractivity contribution in [1.29, 1.82) is 0 Å². The minimum Gasteiger partial charge on any atom is -0.379 e. The first-order valence-corrected chi connectivity index (χ1v) is 10.8. The first-order valence-electron chi connectivity index (χ1n) is 9.56. The third-order valence-corrected chi connectivity index (χ3v) is 5.20. The number of aliphatic imine (C=N–C) groups is 2. The highest BCUT2D eigenvalue weighted by atomic mass is 32.2. The molecule has 9 heteroatoms. The summed E-state index contributed by atoms with van der Waals surface area (Å²) in [5.74, 6) is -0.0710. The molecule has 1 aliphatic heterocycles. The van der Waals surface area contributed by atoms with Crippen LogP contribution in [-0.2, 0) is 15.8 Å². The van der Waals surface area contributed by atoms with Gasteiger partial charge in [0.2, 0.25) is 0 Å². The van der Waals surface area contributed by atoms with E-state index < -0.39 is 11.0 Å². The molecule has 2 rings (SSSR count). The molecule has 154 valence electrons. The molecule has 1 aromatic carbocycles. The summed E-state index contributed by atoms with van der Waals surface area (Å²) < 4.78 is 11.3. The van der Waals surface area contributed by atoms with Gasteiger partial charge in [0.15, 0.2) is 5.84 Å². The summed E-state index contributed by atoms with van der Waals surface area (Å²) in [6.07, 6.45) is 3.72. The predicted molar refractivity (Wildman–Crippen MR) is 114 cm³/mol. The lowest BCUT2D eigenvalue weighted by atomic mass is 10.1. The molecule has 0 saturated carbocycles. The van der Waals surface area contributed by atoms with Gasteiger partial charge in [-0.2, -0.15) is 0 Å². The molecule has 0 spiro atoms. The summed E-state index contributed by atoms with van der Waals surface area (Å²) in [6, 6.07) is 6.69. The number of rotatable bonds is 6. The fourth-order valence-electron chi connectivity index (χ4n) is 2.85. The van der Waals surface area contributed by atoms with Crippen molar-refractivity contribution in [3.05, 3.63) is 24.3 Å². The van der Waals surface area contributed by atoms with Gasteiger partial charge in [-0.15, -0.1) is 0 Å². The normalized spacial score (nSPS) is 17.6. The maximum Gasteiger partial charge on any atom is 0.286 e. The van der Waals surface area contributed by atoms with Crippen molar-refractivity contribution in [2.45, 2.75) is 38.0 Å². The lowest BCUT2D eigenvalue weighted by Crippen LogP contribution is -2.42. The molecule has 0 aromatic heterocycles. The van der Waals surface area contributed by atoms with E-state index in [2.05, 4.69) is 20.2 Å². The van der Waals surface area contributed by atoms with Crippen LogP contribution < -0.4 is 16.2 Å². The summed E-state index contributed by atoms with van der Waals surface area (Å²) in [6.45, 7) is 7.38. The molecule has 1 aromatic rings. The molecule has 0 radical (unpaired) electrons. The second kappa shape index (κ2) is 11.0. The minimum absolute atomic E-state index is 0.0250. The zero-order chi connectivity index (χ0) is 20.5. The summed E-state index contributed by atoms with van der Waals surface area (Å²) in [7, 11) is -1.53. The number of nitrogens with one attached hydrogen (secondary N) is 1. The molecule has 1 unspecified atom stereocenters. The highest BCUT2D eigenvalue weighted by molar-refractivity contribution is 7.82. The van der Waals surface area contributed by atoms with E-state index >= 15 is 0 Å². The number of hydrogen-bond donors (Lipinski definition) is 3. The van der Waals surface area contributed by atoms with Crippen LogP contribution >= 0.6 is 0 Å². The number of amides is 1. The Morgan fingerprint density at radius 1 is 1.21 bits per heavy atom. The number of nitrogens with two attached hydrogens (primary N) is 2. The van der Waals surface area contributed by atoms with Gasteiger partial charge >= 0.3 is 0 Å². The largest absolute Gasteiger partial charge is 0.379 e. The van der Waals surface area contributed by atoms with Gasteiger partial charge < -0.3 is 16.0 Å². The Hall–Kier alpha value is -2.10. The van der Waals surface area contributed by atoms with Crippen LogP contribution in [-0.4, -0.2) is 52.9 Å². The number of benzene rings is 1. The first-order chi connectivity index (χ1) is 13.4. The molecule has 1 amide bonds. The molecule has 8 nitrogen and oxygen atoms in total. The average molecular weight is 407 g/mol. The van der Waals surface area contributed by atoms with Crippen LogP contribution in [0.1, 0.15) is 33.1 Å². The van der Waals surface area contributed by atoms with Gasteiger partial charge in [0.25, 0.3) is 5.91 Å². The second-order valence-electron chi connectivity index (χ2n) is 7.07. The van der Waals surface area contributed by atoms with Gasteiger partial charge in [0.05, 0.1) is 10.6 Å². The smallest absolute Gasteiger partial charge is 0.286 e. The molecule has 1 saturated heterocycles. The summed E-state index contributed by atoms with van der Waals surface area (Å²) in [5.41, 5.74) is 6.50. The molecular weight excluding hydrogens is 376 g/mol. The van der Waals surface area contributed by atoms with Gasteiger partial charge in [0.1, 0.15) is 16.8 Å². The Balaban J connectivity index is 1.98.